The van der Waals surface area contributed by atoms with Gasteiger partial charge in [0.15, 0.2) is 5.82 Å². The molecule has 0 saturated heterocycles. The fourth-order valence-corrected chi connectivity index (χ4v) is 1.41. The smallest absolute Gasteiger partial charge is 0.307 e. The van der Waals surface area contributed by atoms with E-state index < -0.39 is 4.92 Å². The molecule has 2 heterocycles. The highest BCUT2D eigenvalue weighted by Crippen LogP contribution is 2.09. The molecule has 2 aromatic heterocycles. The van der Waals surface area contributed by atoms with Gasteiger partial charge in [0.05, 0.1) is 4.92 Å². The molecule has 0 aliphatic carbocycles. The molecule has 0 fully saturated rings. The van der Waals surface area contributed by atoms with E-state index in [4.69, 9.17) is 5.73 Å². The first-order valence-electron chi connectivity index (χ1n) is 4.81. The Bertz CT molecular complexity index is 544. The minimum absolute atomic E-state index is 0.0642. The Hall–Kier alpha value is -2.51. The minimum Gasteiger partial charge on any atom is -0.384 e. The van der Waals surface area contributed by atoms with Crippen LogP contribution >= 0.6 is 0 Å². The number of hydrogen-bond acceptors (Lipinski definition) is 6. The fraction of sp³-hybridized carbons (Fsp3) is 0.222. The second kappa shape index (κ2) is 4.16. The molecule has 8 heteroatoms. The van der Waals surface area contributed by atoms with Gasteiger partial charge < -0.3 is 5.73 Å². The third-order valence-corrected chi connectivity index (χ3v) is 2.05. The Morgan fingerprint density at radius 2 is 2.29 bits per heavy atom. The van der Waals surface area contributed by atoms with Gasteiger partial charge in [0.25, 0.3) is 0 Å². The van der Waals surface area contributed by atoms with Crippen molar-refractivity contribution in [2.75, 3.05) is 5.73 Å². The van der Waals surface area contributed by atoms with Crippen LogP contribution in [0.4, 0.5) is 11.5 Å². The van der Waals surface area contributed by atoms with Crippen molar-refractivity contribution < 1.29 is 4.92 Å². The molecular weight excluding hydrogens is 224 g/mol. The molecule has 2 aromatic rings. The van der Waals surface area contributed by atoms with Gasteiger partial charge in [0.1, 0.15) is 24.8 Å². The maximum absolute atomic E-state index is 10.5. The predicted octanol–water partition coefficient (Wildman–Crippen LogP) is 0.520. The van der Waals surface area contributed by atoms with Crippen LogP contribution in [0.3, 0.4) is 0 Å². The number of nitrogen functional groups attached to an aromatic ring is 1. The van der Waals surface area contributed by atoms with E-state index in [0.29, 0.717) is 11.6 Å². The third kappa shape index (κ3) is 2.54. The highest BCUT2D eigenvalue weighted by atomic mass is 16.6. The van der Waals surface area contributed by atoms with Crippen LogP contribution in [0.2, 0.25) is 0 Å². The number of nitrogens with two attached hydrogens (primary N) is 1. The van der Waals surface area contributed by atoms with Crippen LogP contribution in [0.1, 0.15) is 11.5 Å². The summed E-state index contributed by atoms with van der Waals surface area (Å²) in [4.78, 5) is 18.2. The zero-order chi connectivity index (χ0) is 12.4. The van der Waals surface area contributed by atoms with Crippen LogP contribution < -0.4 is 5.73 Å². The van der Waals surface area contributed by atoms with Crippen molar-refractivity contribution in [3.8, 4) is 0 Å². The van der Waals surface area contributed by atoms with Crippen molar-refractivity contribution in [2.24, 2.45) is 0 Å². The van der Waals surface area contributed by atoms with Crippen LogP contribution in [-0.2, 0) is 6.54 Å². The van der Waals surface area contributed by atoms with Crippen molar-refractivity contribution in [2.45, 2.75) is 13.5 Å². The molecule has 0 aliphatic heterocycles. The summed E-state index contributed by atoms with van der Waals surface area (Å²) in [6, 6.07) is 1.65. The normalized spacial score (nSPS) is 10.4. The molecule has 2 rings (SSSR count). The van der Waals surface area contributed by atoms with Crippen LogP contribution in [0.25, 0.3) is 0 Å². The minimum atomic E-state index is -0.505. The summed E-state index contributed by atoms with van der Waals surface area (Å²) in [7, 11) is 0. The first-order chi connectivity index (χ1) is 8.04. The van der Waals surface area contributed by atoms with Gasteiger partial charge in [-0.15, -0.1) is 0 Å². The Kier molecular flexibility index (Phi) is 2.69. The fourth-order valence-electron chi connectivity index (χ4n) is 1.41. The van der Waals surface area contributed by atoms with E-state index in [-0.39, 0.29) is 12.2 Å². The van der Waals surface area contributed by atoms with Crippen molar-refractivity contribution >= 4 is 11.5 Å². The van der Waals surface area contributed by atoms with Gasteiger partial charge in [-0.05, 0) is 6.92 Å². The van der Waals surface area contributed by atoms with Crippen LogP contribution in [0.5, 0.6) is 0 Å². The van der Waals surface area contributed by atoms with Crippen molar-refractivity contribution in [1.82, 2.24) is 19.7 Å². The van der Waals surface area contributed by atoms with E-state index in [2.05, 4.69) is 15.1 Å². The molecule has 0 spiro atoms. The number of rotatable bonds is 3. The lowest BCUT2D eigenvalue weighted by Gasteiger charge is -2.02. The average Bonchev–Trinajstić information content (AvgIpc) is 2.64. The standard InChI is InChI=1S/C9H10N6O2/c1-6-2-8(10)13-9(12-6)5-14-4-7(3-11-14)15(16)17/h2-4H,5H2,1H3,(H2,10,12,13). The third-order valence-electron chi connectivity index (χ3n) is 2.05. The molecule has 0 radical (unpaired) electrons. The molecule has 0 unspecified atom stereocenters. The van der Waals surface area contributed by atoms with E-state index in [0.717, 1.165) is 5.69 Å². The molecule has 0 saturated carbocycles. The Balaban J connectivity index is 2.22. The topological polar surface area (TPSA) is 113 Å². The van der Waals surface area contributed by atoms with E-state index in [1.54, 1.807) is 13.0 Å². The first kappa shape index (κ1) is 11.0. The van der Waals surface area contributed by atoms with Crippen molar-refractivity contribution in [1.29, 1.82) is 0 Å². The van der Waals surface area contributed by atoms with Gasteiger partial charge >= 0.3 is 5.69 Å². The molecular formula is C9H10N6O2. The Labute approximate surface area is 96.3 Å². The summed E-state index contributed by atoms with van der Waals surface area (Å²) < 4.78 is 1.40. The number of aromatic nitrogens is 4. The molecule has 17 heavy (non-hydrogen) atoms. The largest absolute Gasteiger partial charge is 0.384 e. The SMILES string of the molecule is Cc1cc(N)nc(Cn2cc([N+](=O)[O-])cn2)n1. The zero-order valence-electron chi connectivity index (χ0n) is 9.07. The molecule has 0 atom stereocenters. The second-order valence-corrected chi connectivity index (χ2v) is 3.50. The molecule has 0 amide bonds. The summed E-state index contributed by atoms with van der Waals surface area (Å²) in [6.07, 6.45) is 2.50. The average molecular weight is 234 g/mol. The molecule has 2 N–H and O–H groups in total. The highest BCUT2D eigenvalue weighted by molar-refractivity contribution is 5.29. The van der Waals surface area contributed by atoms with Crippen LogP contribution in [0.15, 0.2) is 18.5 Å². The highest BCUT2D eigenvalue weighted by Gasteiger charge is 2.10. The van der Waals surface area contributed by atoms with Gasteiger partial charge in [-0.2, -0.15) is 5.10 Å². The van der Waals surface area contributed by atoms with Crippen LogP contribution in [-0.4, -0.2) is 24.7 Å². The summed E-state index contributed by atoms with van der Waals surface area (Å²) in [5, 5.41) is 14.3. The number of nitro groups is 1. The monoisotopic (exact) mass is 234 g/mol. The second-order valence-electron chi connectivity index (χ2n) is 3.50. The summed E-state index contributed by atoms with van der Waals surface area (Å²) >= 11 is 0. The molecule has 0 aliphatic rings. The van der Waals surface area contributed by atoms with E-state index >= 15 is 0 Å². The lowest BCUT2D eigenvalue weighted by Crippen LogP contribution is -2.07. The van der Waals surface area contributed by atoms with Gasteiger partial charge in [0.2, 0.25) is 0 Å². The van der Waals surface area contributed by atoms with E-state index in [1.165, 1.54) is 17.1 Å². The number of nitrogens with zero attached hydrogens (tertiary/aromatic N) is 5. The number of hydrogen-bond donors (Lipinski definition) is 1. The Morgan fingerprint density at radius 1 is 1.53 bits per heavy atom. The predicted molar refractivity (Wildman–Crippen MR) is 59.2 cm³/mol. The number of anilines is 1. The molecule has 0 aromatic carbocycles. The van der Waals surface area contributed by atoms with Gasteiger partial charge in [-0.25, -0.2) is 9.97 Å². The summed E-state index contributed by atoms with van der Waals surface area (Å²) in [6.45, 7) is 2.05. The summed E-state index contributed by atoms with van der Waals surface area (Å²) in [5.41, 5.74) is 6.26. The first-order valence-corrected chi connectivity index (χ1v) is 4.81. The number of aryl methyl sites for hydroxylation is 1. The van der Waals surface area contributed by atoms with Crippen molar-refractivity contribution in [3.05, 3.63) is 40.1 Å². The lowest BCUT2D eigenvalue weighted by molar-refractivity contribution is -0.385. The maximum Gasteiger partial charge on any atom is 0.307 e. The van der Waals surface area contributed by atoms with Crippen LogP contribution in [0, 0.1) is 17.0 Å². The van der Waals surface area contributed by atoms with Gasteiger partial charge in [-0.3, -0.25) is 14.8 Å². The molecule has 8 nitrogen and oxygen atoms in total. The molecule has 0 bridgehead atoms. The van der Waals surface area contributed by atoms with E-state index in [1.807, 2.05) is 0 Å². The maximum atomic E-state index is 10.5. The zero-order valence-corrected chi connectivity index (χ0v) is 9.07. The van der Waals surface area contributed by atoms with E-state index in [9.17, 15) is 10.1 Å². The van der Waals surface area contributed by atoms with Gasteiger partial charge in [-0.1, -0.05) is 0 Å². The molecule has 88 valence electrons. The quantitative estimate of drug-likeness (QED) is 0.611. The lowest BCUT2D eigenvalue weighted by atomic mass is 10.4. The Morgan fingerprint density at radius 3 is 2.88 bits per heavy atom. The van der Waals surface area contributed by atoms with Crippen molar-refractivity contribution in [3.63, 3.8) is 0 Å². The van der Waals surface area contributed by atoms with Gasteiger partial charge in [0, 0.05) is 11.8 Å². The summed E-state index contributed by atoms with van der Waals surface area (Å²) in [5.74, 6) is 0.842.